The minimum absolute atomic E-state index is 0.276. The average Bonchev–Trinajstić information content (AvgIpc) is 2.87. The van der Waals surface area contributed by atoms with Gasteiger partial charge in [0, 0.05) is 11.5 Å². The van der Waals surface area contributed by atoms with Crippen molar-refractivity contribution in [1.29, 1.82) is 0 Å². The molecule has 8 heteroatoms. The molecule has 0 aliphatic heterocycles. The van der Waals surface area contributed by atoms with Crippen molar-refractivity contribution in [2.45, 2.75) is 13.3 Å². The van der Waals surface area contributed by atoms with Crippen molar-refractivity contribution in [3.8, 4) is 5.69 Å². The van der Waals surface area contributed by atoms with Gasteiger partial charge in [-0.3, -0.25) is 4.57 Å². The fourth-order valence-electron chi connectivity index (χ4n) is 2.42. The lowest BCUT2D eigenvalue weighted by molar-refractivity contribution is 0.626. The molecule has 0 bridgehead atoms. The summed E-state index contributed by atoms with van der Waals surface area (Å²) in [5, 5.41) is 4.73. The average molecular weight is 390 g/mol. The molecule has 0 saturated carbocycles. The van der Waals surface area contributed by atoms with Gasteiger partial charge < -0.3 is 4.98 Å². The van der Waals surface area contributed by atoms with E-state index in [2.05, 4.69) is 26.0 Å². The number of aromatic nitrogens is 4. The van der Waals surface area contributed by atoms with Crippen molar-refractivity contribution >= 4 is 50.9 Å². The summed E-state index contributed by atoms with van der Waals surface area (Å²) in [6.07, 6.45) is 0.783. The van der Waals surface area contributed by atoms with E-state index < -0.39 is 5.82 Å². The Morgan fingerprint density at radius 2 is 2.19 bits per heavy atom. The fourth-order valence-corrected chi connectivity index (χ4v) is 3.71. The Morgan fingerprint density at radius 1 is 1.48 bits per heavy atom. The predicted octanol–water partition coefficient (Wildman–Crippen LogP) is 4.54. The number of hydrogen-bond acceptors (Lipinski definition) is 2. The maximum Gasteiger partial charge on any atom is 0.184 e. The zero-order chi connectivity index (χ0) is 15.3. The van der Waals surface area contributed by atoms with Gasteiger partial charge >= 0.3 is 0 Å². The minimum Gasteiger partial charge on any atom is -0.327 e. The molecule has 2 aromatic heterocycles. The smallest absolute Gasteiger partial charge is 0.184 e. The highest BCUT2D eigenvalue weighted by Crippen LogP contribution is 2.33. The van der Waals surface area contributed by atoms with Gasteiger partial charge in [-0.2, -0.15) is 5.10 Å². The number of hydrogen-bond donors (Lipinski definition) is 1. The molecule has 2 heterocycles. The molecule has 1 aromatic carbocycles. The zero-order valence-electron chi connectivity index (χ0n) is 11.2. The van der Waals surface area contributed by atoms with Crippen molar-refractivity contribution in [1.82, 2.24) is 19.3 Å². The van der Waals surface area contributed by atoms with E-state index in [-0.39, 0.29) is 5.02 Å². The second-order valence-electron chi connectivity index (χ2n) is 4.61. The van der Waals surface area contributed by atoms with E-state index in [1.807, 2.05) is 14.0 Å². The van der Waals surface area contributed by atoms with Crippen LogP contribution in [0, 0.1) is 10.6 Å². The van der Waals surface area contributed by atoms with Crippen LogP contribution in [0.5, 0.6) is 0 Å². The first kappa shape index (κ1) is 14.7. The van der Waals surface area contributed by atoms with E-state index in [1.165, 1.54) is 12.1 Å². The summed E-state index contributed by atoms with van der Waals surface area (Å²) >= 11 is 15.0. The molecule has 110 valence electrons. The highest BCUT2D eigenvalue weighted by atomic mass is 79.9. The summed E-state index contributed by atoms with van der Waals surface area (Å²) in [5.41, 5.74) is 3.19. The first-order chi connectivity index (χ1) is 9.93. The SMILES string of the molecule is CCc1nn(C)c2c1[nH]c(=S)n2-c1c(Cl)cc(F)cc1Br. The lowest BCUT2D eigenvalue weighted by Gasteiger charge is -2.10. The molecular weight excluding hydrogens is 379 g/mol. The minimum atomic E-state index is -0.409. The van der Waals surface area contributed by atoms with Crippen LogP contribution in [0.1, 0.15) is 12.6 Å². The molecule has 0 aliphatic rings. The van der Waals surface area contributed by atoms with Crippen LogP contribution in [0.4, 0.5) is 4.39 Å². The van der Waals surface area contributed by atoms with E-state index in [4.69, 9.17) is 23.8 Å². The Kier molecular flexibility index (Phi) is 3.67. The van der Waals surface area contributed by atoms with Gasteiger partial charge in [-0.05, 0) is 46.7 Å². The third-order valence-corrected chi connectivity index (χ3v) is 4.45. The van der Waals surface area contributed by atoms with Crippen LogP contribution < -0.4 is 0 Å². The molecule has 0 unspecified atom stereocenters. The van der Waals surface area contributed by atoms with Crippen LogP contribution in [-0.2, 0) is 13.5 Å². The van der Waals surface area contributed by atoms with Crippen LogP contribution in [0.15, 0.2) is 16.6 Å². The maximum absolute atomic E-state index is 13.4. The van der Waals surface area contributed by atoms with Crippen molar-refractivity contribution in [2.24, 2.45) is 7.05 Å². The van der Waals surface area contributed by atoms with Crippen LogP contribution in [0.3, 0.4) is 0 Å². The number of fused-ring (bicyclic) bond motifs is 1. The summed E-state index contributed by atoms with van der Waals surface area (Å²) in [7, 11) is 1.84. The van der Waals surface area contributed by atoms with Crippen LogP contribution in [0.25, 0.3) is 16.9 Å². The Labute approximate surface area is 138 Å². The number of aryl methyl sites for hydroxylation is 2. The number of aromatic amines is 1. The third kappa shape index (κ3) is 2.23. The Morgan fingerprint density at radius 3 is 2.81 bits per heavy atom. The first-order valence-corrected chi connectivity index (χ1v) is 7.83. The Balaban J connectivity index is 2.44. The number of rotatable bonds is 2. The van der Waals surface area contributed by atoms with Crippen molar-refractivity contribution in [2.75, 3.05) is 0 Å². The number of H-pyrrole nitrogens is 1. The van der Waals surface area contributed by atoms with Gasteiger partial charge in [-0.15, -0.1) is 0 Å². The summed E-state index contributed by atoms with van der Waals surface area (Å²) in [6.45, 7) is 2.02. The molecule has 4 nitrogen and oxygen atoms in total. The Hall–Kier alpha value is -1.18. The summed E-state index contributed by atoms with van der Waals surface area (Å²) in [5.74, 6) is -0.409. The fraction of sp³-hybridized carbons (Fsp3) is 0.231. The molecule has 21 heavy (non-hydrogen) atoms. The topological polar surface area (TPSA) is 38.5 Å². The number of imidazole rings is 1. The second-order valence-corrected chi connectivity index (χ2v) is 6.25. The quantitative estimate of drug-likeness (QED) is 0.654. The van der Waals surface area contributed by atoms with Crippen molar-refractivity contribution in [3.63, 3.8) is 0 Å². The molecule has 0 spiro atoms. The molecule has 3 rings (SSSR count). The highest BCUT2D eigenvalue weighted by molar-refractivity contribution is 9.10. The van der Waals surface area contributed by atoms with Gasteiger partial charge in [0.2, 0.25) is 0 Å². The second kappa shape index (κ2) is 5.23. The summed E-state index contributed by atoms with van der Waals surface area (Å²) in [6, 6.07) is 2.62. The van der Waals surface area contributed by atoms with E-state index in [0.717, 1.165) is 23.3 Å². The van der Waals surface area contributed by atoms with Gasteiger partial charge in [-0.1, -0.05) is 18.5 Å². The van der Waals surface area contributed by atoms with Gasteiger partial charge in [0.05, 0.1) is 16.4 Å². The third-order valence-electron chi connectivity index (χ3n) is 3.28. The lowest BCUT2D eigenvalue weighted by atomic mass is 10.3. The predicted molar refractivity (Wildman–Crippen MR) is 87.3 cm³/mol. The van der Waals surface area contributed by atoms with Crippen LogP contribution in [-0.4, -0.2) is 19.3 Å². The molecule has 0 saturated heterocycles. The summed E-state index contributed by atoms with van der Waals surface area (Å²) < 4.78 is 18.0. The first-order valence-electron chi connectivity index (χ1n) is 6.25. The normalized spacial score (nSPS) is 11.5. The Bertz CT molecular complexity index is 888. The van der Waals surface area contributed by atoms with E-state index >= 15 is 0 Å². The van der Waals surface area contributed by atoms with Crippen LogP contribution >= 0.6 is 39.7 Å². The van der Waals surface area contributed by atoms with E-state index in [9.17, 15) is 4.39 Å². The molecule has 0 amide bonds. The summed E-state index contributed by atoms with van der Waals surface area (Å²) in [4.78, 5) is 3.16. The van der Waals surface area contributed by atoms with Crippen molar-refractivity contribution < 1.29 is 4.39 Å². The molecule has 0 fully saturated rings. The van der Waals surface area contributed by atoms with Gasteiger partial charge in [0.15, 0.2) is 10.4 Å². The van der Waals surface area contributed by atoms with Crippen LogP contribution in [0.2, 0.25) is 5.02 Å². The van der Waals surface area contributed by atoms with Gasteiger partial charge in [0.25, 0.3) is 0 Å². The number of nitrogens with zero attached hydrogens (tertiary/aromatic N) is 3. The monoisotopic (exact) mass is 388 g/mol. The largest absolute Gasteiger partial charge is 0.327 e. The molecule has 1 N–H and O–H groups in total. The van der Waals surface area contributed by atoms with Gasteiger partial charge in [0.1, 0.15) is 11.3 Å². The highest BCUT2D eigenvalue weighted by Gasteiger charge is 2.19. The molecule has 0 atom stereocenters. The lowest BCUT2D eigenvalue weighted by Crippen LogP contribution is -2.03. The van der Waals surface area contributed by atoms with E-state index in [1.54, 1.807) is 9.25 Å². The van der Waals surface area contributed by atoms with Crippen molar-refractivity contribution in [3.05, 3.63) is 37.9 Å². The molecule has 0 aliphatic carbocycles. The number of halogens is 3. The van der Waals surface area contributed by atoms with Gasteiger partial charge in [-0.25, -0.2) is 9.07 Å². The zero-order valence-corrected chi connectivity index (χ0v) is 14.4. The standard InChI is InChI=1S/C13H11BrClFN4S/c1-3-9-10-12(19(2)18-9)20(13(21)17-10)11-7(14)4-6(16)5-8(11)15/h4-5H,3H2,1-2H3,(H,17,21). The maximum atomic E-state index is 13.4. The molecule has 3 aromatic rings. The number of nitrogens with one attached hydrogen (secondary N) is 1. The molecular formula is C13H11BrClFN4S. The molecule has 0 radical (unpaired) electrons. The number of benzene rings is 1. The van der Waals surface area contributed by atoms with E-state index in [0.29, 0.717) is 14.9 Å².